The first kappa shape index (κ1) is 11.4. The second-order valence-corrected chi connectivity index (χ2v) is 6.98. The fourth-order valence-electron chi connectivity index (χ4n) is 2.61. The molecule has 0 spiro atoms. The van der Waals surface area contributed by atoms with E-state index in [2.05, 4.69) is 17.1 Å². The first-order chi connectivity index (χ1) is 7.08. The van der Waals surface area contributed by atoms with Crippen LogP contribution in [0.15, 0.2) is 0 Å². The Labute approximate surface area is 91.9 Å². The van der Waals surface area contributed by atoms with Crippen molar-refractivity contribution in [2.45, 2.75) is 31.8 Å². The van der Waals surface area contributed by atoms with Crippen LogP contribution in [0, 0.1) is 0 Å². The van der Waals surface area contributed by atoms with Crippen LogP contribution in [0.3, 0.4) is 0 Å². The molecule has 2 fully saturated rings. The fraction of sp³-hybridized carbons (Fsp3) is 1.00. The van der Waals surface area contributed by atoms with E-state index in [1.165, 1.54) is 0 Å². The molecule has 4 nitrogen and oxygen atoms in total. The largest absolute Gasteiger partial charge is 0.314 e. The van der Waals surface area contributed by atoms with Gasteiger partial charge in [-0.15, -0.1) is 0 Å². The van der Waals surface area contributed by atoms with Crippen molar-refractivity contribution in [3.05, 3.63) is 0 Å². The summed E-state index contributed by atoms with van der Waals surface area (Å²) in [6, 6.07) is 1.04. The quantitative estimate of drug-likeness (QED) is 0.683. The lowest BCUT2D eigenvalue weighted by Gasteiger charge is -2.41. The van der Waals surface area contributed by atoms with E-state index in [1.54, 1.807) is 0 Å². The third kappa shape index (κ3) is 2.71. The third-order valence-electron chi connectivity index (χ3n) is 3.55. The predicted molar refractivity (Wildman–Crippen MR) is 60.7 cm³/mol. The highest BCUT2D eigenvalue weighted by molar-refractivity contribution is 7.91. The Morgan fingerprint density at radius 2 is 1.93 bits per heavy atom. The number of nitrogens with one attached hydrogen (secondary N) is 1. The lowest BCUT2D eigenvalue weighted by Crippen LogP contribution is -2.55. The molecule has 2 heterocycles. The molecule has 1 N–H and O–H groups in total. The molecule has 1 atom stereocenters. The molecule has 0 aliphatic carbocycles. The summed E-state index contributed by atoms with van der Waals surface area (Å²) >= 11 is 0. The van der Waals surface area contributed by atoms with E-state index < -0.39 is 9.84 Å². The van der Waals surface area contributed by atoms with Crippen molar-refractivity contribution in [1.29, 1.82) is 0 Å². The molecule has 5 heteroatoms. The van der Waals surface area contributed by atoms with Gasteiger partial charge in [-0.2, -0.15) is 0 Å². The highest BCUT2D eigenvalue weighted by Gasteiger charge is 2.31. The minimum absolute atomic E-state index is 0.383. The molecule has 0 radical (unpaired) electrons. The van der Waals surface area contributed by atoms with Gasteiger partial charge in [0.15, 0.2) is 0 Å². The molecule has 2 rings (SSSR count). The van der Waals surface area contributed by atoms with Crippen LogP contribution in [0.2, 0.25) is 0 Å². The normalized spacial score (nSPS) is 34.1. The molecular weight excluding hydrogens is 212 g/mol. The van der Waals surface area contributed by atoms with Crippen molar-refractivity contribution in [2.24, 2.45) is 0 Å². The van der Waals surface area contributed by atoms with Gasteiger partial charge >= 0.3 is 0 Å². The lowest BCUT2D eigenvalue weighted by atomic mass is 10.1. The van der Waals surface area contributed by atoms with Crippen molar-refractivity contribution in [2.75, 3.05) is 31.1 Å². The maximum absolute atomic E-state index is 11.3. The molecule has 0 aromatic carbocycles. The molecule has 2 aliphatic rings. The highest BCUT2D eigenvalue weighted by Crippen LogP contribution is 2.20. The Morgan fingerprint density at radius 3 is 2.53 bits per heavy atom. The number of hydrogen-bond acceptors (Lipinski definition) is 4. The molecule has 0 aromatic heterocycles. The number of rotatable bonds is 1. The standard InChI is InChI=1S/C10H20N2O2S/c1-9-8-11-4-5-12(9)10-2-6-15(13,14)7-3-10/h9-11H,2-8H2,1H3. The maximum Gasteiger partial charge on any atom is 0.150 e. The van der Waals surface area contributed by atoms with Crippen LogP contribution in [0.4, 0.5) is 0 Å². The van der Waals surface area contributed by atoms with Crippen LogP contribution in [-0.4, -0.2) is 56.5 Å². The summed E-state index contributed by atoms with van der Waals surface area (Å²) in [6.07, 6.45) is 1.65. The van der Waals surface area contributed by atoms with Gasteiger partial charge < -0.3 is 5.32 Å². The molecule has 0 bridgehead atoms. The van der Waals surface area contributed by atoms with Crippen molar-refractivity contribution >= 4 is 9.84 Å². The molecular formula is C10H20N2O2S. The summed E-state index contributed by atoms with van der Waals surface area (Å²) in [6.45, 7) is 5.35. The van der Waals surface area contributed by atoms with Crippen molar-refractivity contribution < 1.29 is 8.42 Å². The van der Waals surface area contributed by atoms with Crippen LogP contribution in [0.25, 0.3) is 0 Å². The van der Waals surface area contributed by atoms with Crippen molar-refractivity contribution in [3.63, 3.8) is 0 Å². The van der Waals surface area contributed by atoms with E-state index in [9.17, 15) is 8.42 Å². The van der Waals surface area contributed by atoms with Gasteiger partial charge in [-0.3, -0.25) is 4.90 Å². The molecule has 0 amide bonds. The Morgan fingerprint density at radius 1 is 1.27 bits per heavy atom. The number of piperazine rings is 1. The van der Waals surface area contributed by atoms with Crippen LogP contribution in [0.5, 0.6) is 0 Å². The Balaban J connectivity index is 1.94. The van der Waals surface area contributed by atoms with E-state index in [0.717, 1.165) is 32.5 Å². The van der Waals surface area contributed by atoms with Gasteiger partial charge in [0.05, 0.1) is 11.5 Å². The lowest BCUT2D eigenvalue weighted by molar-refractivity contribution is 0.109. The average Bonchev–Trinajstić information content (AvgIpc) is 2.19. The minimum atomic E-state index is -2.71. The second kappa shape index (κ2) is 4.39. The van der Waals surface area contributed by atoms with Gasteiger partial charge in [0.2, 0.25) is 0 Å². The van der Waals surface area contributed by atoms with E-state index in [1.807, 2.05) is 0 Å². The van der Waals surface area contributed by atoms with Gasteiger partial charge in [0, 0.05) is 31.7 Å². The summed E-state index contributed by atoms with van der Waals surface area (Å²) in [5, 5.41) is 3.36. The van der Waals surface area contributed by atoms with E-state index in [-0.39, 0.29) is 0 Å². The van der Waals surface area contributed by atoms with Gasteiger partial charge in [0.25, 0.3) is 0 Å². The van der Waals surface area contributed by atoms with Crippen LogP contribution in [-0.2, 0) is 9.84 Å². The summed E-state index contributed by atoms with van der Waals surface area (Å²) in [4.78, 5) is 2.48. The van der Waals surface area contributed by atoms with Gasteiger partial charge in [0.1, 0.15) is 9.84 Å². The summed E-state index contributed by atoms with van der Waals surface area (Å²) in [5.74, 6) is 0.766. The molecule has 15 heavy (non-hydrogen) atoms. The van der Waals surface area contributed by atoms with Crippen molar-refractivity contribution in [3.8, 4) is 0 Å². The summed E-state index contributed by atoms with van der Waals surface area (Å²) in [5.41, 5.74) is 0. The average molecular weight is 232 g/mol. The Bertz CT molecular complexity index is 301. The third-order valence-corrected chi connectivity index (χ3v) is 5.26. The maximum atomic E-state index is 11.3. The van der Waals surface area contributed by atoms with E-state index in [4.69, 9.17) is 0 Å². The zero-order chi connectivity index (χ0) is 10.9. The molecule has 0 saturated carbocycles. The fourth-order valence-corrected chi connectivity index (χ4v) is 4.07. The smallest absolute Gasteiger partial charge is 0.150 e. The molecule has 1 unspecified atom stereocenters. The minimum Gasteiger partial charge on any atom is -0.314 e. The number of nitrogens with zero attached hydrogens (tertiary/aromatic N) is 1. The molecule has 88 valence electrons. The summed E-state index contributed by atoms with van der Waals surface area (Å²) < 4.78 is 22.7. The SMILES string of the molecule is CC1CNCCN1C1CCS(=O)(=O)CC1. The van der Waals surface area contributed by atoms with Gasteiger partial charge in [-0.05, 0) is 19.8 Å². The highest BCUT2D eigenvalue weighted by atomic mass is 32.2. The van der Waals surface area contributed by atoms with Crippen LogP contribution < -0.4 is 5.32 Å². The van der Waals surface area contributed by atoms with E-state index >= 15 is 0 Å². The molecule has 2 saturated heterocycles. The zero-order valence-corrected chi connectivity index (χ0v) is 10.1. The first-order valence-corrected chi connectivity index (χ1v) is 7.57. The van der Waals surface area contributed by atoms with Crippen LogP contribution >= 0.6 is 0 Å². The Hall–Kier alpha value is -0.130. The molecule has 0 aromatic rings. The second-order valence-electron chi connectivity index (χ2n) is 4.67. The zero-order valence-electron chi connectivity index (χ0n) is 9.28. The monoisotopic (exact) mass is 232 g/mol. The van der Waals surface area contributed by atoms with Gasteiger partial charge in [-0.25, -0.2) is 8.42 Å². The van der Waals surface area contributed by atoms with Gasteiger partial charge in [-0.1, -0.05) is 0 Å². The summed E-state index contributed by atoms with van der Waals surface area (Å²) in [7, 11) is -2.71. The van der Waals surface area contributed by atoms with Crippen LogP contribution in [0.1, 0.15) is 19.8 Å². The predicted octanol–water partition coefficient (Wildman–Crippen LogP) is -0.143. The Kier molecular flexibility index (Phi) is 3.33. The van der Waals surface area contributed by atoms with E-state index in [0.29, 0.717) is 23.6 Å². The van der Waals surface area contributed by atoms with Crippen molar-refractivity contribution in [1.82, 2.24) is 10.2 Å². The topological polar surface area (TPSA) is 49.4 Å². The molecule has 2 aliphatic heterocycles. The number of hydrogen-bond donors (Lipinski definition) is 1. The number of sulfone groups is 1. The first-order valence-electron chi connectivity index (χ1n) is 5.75.